The van der Waals surface area contributed by atoms with E-state index in [-0.39, 0.29) is 25.2 Å². The second-order valence-electron chi connectivity index (χ2n) is 16.4. The zero-order valence-electron chi connectivity index (χ0n) is 36.8. The number of amides is 1. The molecule has 0 rings (SSSR count). The molecule has 0 saturated heterocycles. The predicted octanol–water partition coefficient (Wildman–Crippen LogP) is 12.4. The zero-order chi connectivity index (χ0) is 39.6. The highest BCUT2D eigenvalue weighted by molar-refractivity contribution is 5.76. The molecule has 2 N–H and O–H groups in total. The highest BCUT2D eigenvalue weighted by Crippen LogP contribution is 2.16. The summed E-state index contributed by atoms with van der Waals surface area (Å²) in [4.78, 5) is 15.5. The van der Waals surface area contributed by atoms with Crippen molar-refractivity contribution in [2.45, 2.75) is 239 Å². The molecule has 3 unspecified atom stereocenters. The van der Waals surface area contributed by atoms with Gasteiger partial charge in [0.2, 0.25) is 5.91 Å². The fraction of sp³-hybridized carbons (Fsp3) is 0.979. The molecule has 0 aromatic carbocycles. The van der Waals surface area contributed by atoms with Crippen LogP contribution in [0.25, 0.3) is 0 Å². The smallest absolute Gasteiger partial charge is 0.222 e. The van der Waals surface area contributed by atoms with Crippen LogP contribution in [0.15, 0.2) is 0 Å². The van der Waals surface area contributed by atoms with Gasteiger partial charge in [0.1, 0.15) is 6.10 Å². The summed E-state index contributed by atoms with van der Waals surface area (Å²) in [5.41, 5.74) is 0. The number of aliphatic hydroxyl groups excluding tert-OH is 2. The van der Waals surface area contributed by atoms with Crippen LogP contribution < -0.4 is 0 Å². The quantitative estimate of drug-likeness (QED) is 0.0600. The Morgan fingerprint density at radius 3 is 1.46 bits per heavy atom. The molecule has 3 atom stereocenters. The van der Waals surface area contributed by atoms with Crippen molar-refractivity contribution in [1.29, 1.82) is 0 Å². The van der Waals surface area contributed by atoms with Crippen molar-refractivity contribution >= 4 is 5.91 Å². The van der Waals surface area contributed by atoms with Crippen molar-refractivity contribution < 1.29 is 29.2 Å². The lowest BCUT2D eigenvalue weighted by molar-refractivity contribution is -0.135. The third-order valence-electron chi connectivity index (χ3n) is 11.1. The van der Waals surface area contributed by atoms with Crippen molar-refractivity contribution in [3.05, 3.63) is 0 Å². The Hall–Kier alpha value is -0.730. The van der Waals surface area contributed by atoms with Crippen LogP contribution in [0.4, 0.5) is 0 Å². The van der Waals surface area contributed by atoms with E-state index in [2.05, 4.69) is 27.7 Å². The van der Waals surface area contributed by atoms with E-state index in [0.29, 0.717) is 45.2 Å². The van der Waals surface area contributed by atoms with Crippen molar-refractivity contribution in [2.75, 3.05) is 52.7 Å². The first kappa shape index (κ1) is 53.3. The van der Waals surface area contributed by atoms with Gasteiger partial charge in [-0.2, -0.15) is 0 Å². The monoisotopic (exact) mass is 770 g/mol. The van der Waals surface area contributed by atoms with Gasteiger partial charge in [0.05, 0.1) is 25.9 Å². The highest BCUT2D eigenvalue weighted by atomic mass is 16.5. The zero-order valence-corrected chi connectivity index (χ0v) is 36.8. The largest absolute Gasteiger partial charge is 0.394 e. The Morgan fingerprint density at radius 2 is 0.981 bits per heavy atom. The van der Waals surface area contributed by atoms with Gasteiger partial charge < -0.3 is 29.3 Å². The molecule has 0 spiro atoms. The number of aliphatic hydroxyl groups is 2. The topological polar surface area (TPSA) is 88.5 Å². The van der Waals surface area contributed by atoms with Gasteiger partial charge in [-0.15, -0.1) is 0 Å². The van der Waals surface area contributed by atoms with E-state index in [1.54, 1.807) is 0 Å². The first-order valence-corrected chi connectivity index (χ1v) is 23.9. The van der Waals surface area contributed by atoms with Crippen molar-refractivity contribution in [3.8, 4) is 0 Å². The van der Waals surface area contributed by atoms with Crippen LogP contribution in [0, 0.1) is 5.92 Å². The van der Waals surface area contributed by atoms with Gasteiger partial charge in [0.25, 0.3) is 0 Å². The van der Waals surface area contributed by atoms with E-state index in [0.717, 1.165) is 38.7 Å². The average molecular weight is 770 g/mol. The lowest BCUT2D eigenvalue weighted by Crippen LogP contribution is -2.42. The Labute approximate surface area is 336 Å². The molecule has 324 valence electrons. The summed E-state index contributed by atoms with van der Waals surface area (Å²) < 4.78 is 18.3. The number of rotatable bonds is 45. The highest BCUT2D eigenvalue weighted by Gasteiger charge is 2.21. The number of carbonyl (C=O) groups excluding carboxylic acids is 1. The van der Waals surface area contributed by atoms with Gasteiger partial charge in [-0.05, 0) is 31.6 Å². The molecule has 0 bridgehead atoms. The van der Waals surface area contributed by atoms with Crippen LogP contribution in [-0.2, 0) is 19.0 Å². The van der Waals surface area contributed by atoms with Gasteiger partial charge in [-0.3, -0.25) is 4.79 Å². The Kier molecular flexibility index (Phi) is 42.8. The van der Waals surface area contributed by atoms with Crippen LogP contribution in [-0.4, -0.2) is 86.0 Å². The molecule has 7 nitrogen and oxygen atoms in total. The van der Waals surface area contributed by atoms with Gasteiger partial charge in [-0.1, -0.05) is 195 Å². The lowest BCUT2D eigenvalue weighted by atomic mass is 10.0. The van der Waals surface area contributed by atoms with E-state index < -0.39 is 6.10 Å². The van der Waals surface area contributed by atoms with E-state index in [1.807, 2.05) is 4.90 Å². The molecule has 54 heavy (non-hydrogen) atoms. The molecule has 0 aromatic rings. The van der Waals surface area contributed by atoms with Crippen molar-refractivity contribution in [1.82, 2.24) is 4.90 Å². The molecule has 0 radical (unpaired) electrons. The first-order chi connectivity index (χ1) is 26.5. The number of hydrogen-bond donors (Lipinski definition) is 2. The Bertz CT molecular complexity index is 739. The fourth-order valence-electron chi connectivity index (χ4n) is 7.23. The van der Waals surface area contributed by atoms with E-state index in [4.69, 9.17) is 14.2 Å². The van der Waals surface area contributed by atoms with Gasteiger partial charge in [0, 0.05) is 39.3 Å². The Morgan fingerprint density at radius 1 is 0.537 bits per heavy atom. The Balaban J connectivity index is 4.74. The van der Waals surface area contributed by atoms with Crippen molar-refractivity contribution in [2.24, 2.45) is 5.92 Å². The minimum atomic E-state index is -0.939. The second kappa shape index (κ2) is 43.4. The summed E-state index contributed by atoms with van der Waals surface area (Å²) in [5.74, 6) is 0.778. The summed E-state index contributed by atoms with van der Waals surface area (Å²) >= 11 is 0. The maximum Gasteiger partial charge on any atom is 0.222 e. The van der Waals surface area contributed by atoms with Crippen LogP contribution in [0.3, 0.4) is 0 Å². The van der Waals surface area contributed by atoms with Crippen molar-refractivity contribution in [3.63, 3.8) is 0 Å². The SMILES string of the molecule is CCCCCCCCCCCCCCCCOCC(CN(CCCOCC(CC)CCCC)C(=O)CCCCCCCCCCCCC)OCC(O)CO. The molecule has 0 aliphatic carbocycles. The summed E-state index contributed by atoms with van der Waals surface area (Å²) in [7, 11) is 0. The summed E-state index contributed by atoms with van der Waals surface area (Å²) in [6.07, 6.45) is 37.4. The minimum Gasteiger partial charge on any atom is -0.394 e. The maximum atomic E-state index is 13.6. The molecule has 0 heterocycles. The number of hydrogen-bond acceptors (Lipinski definition) is 6. The van der Waals surface area contributed by atoms with Crippen LogP contribution in [0.2, 0.25) is 0 Å². The number of ether oxygens (including phenoxy) is 3. The molecular formula is C47H95NO6. The standard InChI is InChI=1S/C47H95NO6/c1-5-9-12-14-16-18-20-21-22-24-26-28-30-32-37-53-43-46(54-42-45(50)40-49)39-48(36-33-38-52-41-44(8-4)34-11-7-3)47(51)35-31-29-27-25-23-19-17-15-13-10-6-2/h44-46,49-50H,5-43H2,1-4H3. The van der Waals surface area contributed by atoms with Gasteiger partial charge in [-0.25, -0.2) is 0 Å². The average Bonchev–Trinajstić information content (AvgIpc) is 3.18. The normalized spacial score (nSPS) is 13.4. The molecule has 0 aromatic heterocycles. The number of carbonyl (C=O) groups is 1. The third-order valence-corrected chi connectivity index (χ3v) is 11.1. The molecule has 0 fully saturated rings. The molecule has 0 aliphatic rings. The molecular weight excluding hydrogens is 675 g/mol. The van der Waals surface area contributed by atoms with Crippen LogP contribution in [0.1, 0.15) is 227 Å². The lowest BCUT2D eigenvalue weighted by Gasteiger charge is -2.29. The summed E-state index contributed by atoms with van der Waals surface area (Å²) in [5, 5.41) is 19.4. The summed E-state index contributed by atoms with van der Waals surface area (Å²) in [6.45, 7) is 12.3. The van der Waals surface area contributed by atoms with Crippen LogP contribution in [0.5, 0.6) is 0 Å². The molecule has 1 amide bonds. The number of nitrogens with zero attached hydrogens (tertiary/aromatic N) is 1. The maximum absolute atomic E-state index is 13.6. The van der Waals surface area contributed by atoms with Gasteiger partial charge >= 0.3 is 0 Å². The van der Waals surface area contributed by atoms with Crippen LogP contribution >= 0.6 is 0 Å². The third kappa shape index (κ3) is 36.9. The van der Waals surface area contributed by atoms with E-state index >= 15 is 0 Å². The molecule has 7 heteroatoms. The minimum absolute atomic E-state index is 0.0310. The van der Waals surface area contributed by atoms with E-state index in [1.165, 1.54) is 161 Å². The summed E-state index contributed by atoms with van der Waals surface area (Å²) in [6, 6.07) is 0. The first-order valence-electron chi connectivity index (χ1n) is 23.9. The second-order valence-corrected chi connectivity index (χ2v) is 16.4. The predicted molar refractivity (Wildman–Crippen MR) is 230 cm³/mol. The fourth-order valence-corrected chi connectivity index (χ4v) is 7.23. The molecule has 0 saturated carbocycles. The number of unbranched alkanes of at least 4 members (excludes halogenated alkanes) is 24. The van der Waals surface area contributed by atoms with Gasteiger partial charge in [0.15, 0.2) is 0 Å². The van der Waals surface area contributed by atoms with E-state index in [9.17, 15) is 15.0 Å². The molecule has 0 aliphatic heterocycles.